The van der Waals surface area contributed by atoms with Crippen molar-refractivity contribution in [3.05, 3.63) is 53.1 Å². The van der Waals surface area contributed by atoms with Crippen molar-refractivity contribution >= 4 is 19.5 Å². The van der Waals surface area contributed by atoms with E-state index in [9.17, 15) is 19.3 Å². The summed E-state index contributed by atoms with van der Waals surface area (Å²) in [6, 6.07) is 8.19. The number of carbonyl (C=O) groups is 1. The van der Waals surface area contributed by atoms with E-state index in [0.29, 0.717) is 0 Å². The molecule has 192 valence electrons. The standard InChI is InChI=1S/C21H28FN4O8P/c1-12(18(28)31-4)25-35(30,34-14-8-6-5-7-9-14)33-13(2)16-17(27)21(3,22)19(32-16)26-11-10-15(23)24-20(26)29/h5-13,16-17,19,27H,1-4H3,(H,25,30)(H2,23,24,29)/t12?,13?,16-,17?,19-,21?,35?/m1/s1. The summed E-state index contributed by atoms with van der Waals surface area (Å²) in [5.74, 6) is -0.640. The van der Waals surface area contributed by atoms with Gasteiger partial charge in [-0.15, -0.1) is 0 Å². The van der Waals surface area contributed by atoms with E-state index in [2.05, 4.69) is 14.8 Å². The number of hydrogen-bond acceptors (Lipinski definition) is 10. The van der Waals surface area contributed by atoms with Crippen LogP contribution in [0.5, 0.6) is 5.75 Å². The normalized spacial score (nSPS) is 27.5. The van der Waals surface area contributed by atoms with E-state index >= 15 is 4.39 Å². The lowest BCUT2D eigenvalue weighted by Crippen LogP contribution is -2.45. The maximum absolute atomic E-state index is 15.6. The second-order valence-corrected chi connectivity index (χ2v) is 9.82. The maximum atomic E-state index is 15.6. The molecule has 0 bridgehead atoms. The van der Waals surface area contributed by atoms with Gasteiger partial charge in [-0.2, -0.15) is 10.1 Å². The van der Waals surface area contributed by atoms with Crippen molar-refractivity contribution in [2.75, 3.05) is 12.8 Å². The fourth-order valence-electron chi connectivity index (χ4n) is 3.58. The second-order valence-electron chi connectivity index (χ2n) is 8.18. The van der Waals surface area contributed by atoms with Crippen LogP contribution in [0.15, 0.2) is 47.4 Å². The fraction of sp³-hybridized carbons (Fsp3) is 0.476. The van der Waals surface area contributed by atoms with E-state index in [1.54, 1.807) is 18.2 Å². The van der Waals surface area contributed by atoms with Crippen molar-refractivity contribution in [3.8, 4) is 5.75 Å². The van der Waals surface area contributed by atoms with Gasteiger partial charge in [0.1, 0.15) is 29.8 Å². The number of nitrogen functional groups attached to an aromatic ring is 1. The zero-order valence-electron chi connectivity index (χ0n) is 19.5. The smallest absolute Gasteiger partial charge is 0.459 e. The van der Waals surface area contributed by atoms with Gasteiger partial charge in [0.2, 0.25) is 0 Å². The summed E-state index contributed by atoms with van der Waals surface area (Å²) in [7, 11) is -3.15. The molecule has 0 amide bonds. The van der Waals surface area contributed by atoms with Crippen LogP contribution >= 0.6 is 7.75 Å². The SMILES string of the molecule is COC(=O)C(C)NP(=O)(Oc1ccccc1)OC(C)[C@H]1O[C@@H](n2ccc(N)nc2=O)C(C)(F)C1O. The van der Waals surface area contributed by atoms with Crippen molar-refractivity contribution in [3.63, 3.8) is 0 Å². The third-order valence-electron chi connectivity index (χ3n) is 5.41. The van der Waals surface area contributed by atoms with E-state index in [4.69, 9.17) is 19.5 Å². The zero-order valence-corrected chi connectivity index (χ0v) is 20.4. The number of carbonyl (C=O) groups excluding carboxylic acids is 1. The number of methoxy groups -OCH3 is 1. The Kier molecular flexibility index (Phi) is 7.97. The lowest BCUT2D eigenvalue weighted by atomic mass is 9.96. The summed E-state index contributed by atoms with van der Waals surface area (Å²) in [4.78, 5) is 27.7. The van der Waals surface area contributed by atoms with Crippen LogP contribution < -0.4 is 21.0 Å². The van der Waals surface area contributed by atoms with Crippen molar-refractivity contribution in [2.24, 2.45) is 0 Å². The number of anilines is 1. The molecule has 2 heterocycles. The average molecular weight is 514 g/mol. The molecular weight excluding hydrogens is 486 g/mol. The molecule has 0 radical (unpaired) electrons. The summed E-state index contributed by atoms with van der Waals surface area (Å²) >= 11 is 0. The minimum atomic E-state index is -4.31. The molecule has 14 heteroatoms. The Labute approximate surface area is 200 Å². The molecule has 1 aliphatic rings. The molecule has 0 saturated carbocycles. The van der Waals surface area contributed by atoms with Crippen LogP contribution in [-0.2, 0) is 23.4 Å². The Morgan fingerprint density at radius 3 is 2.60 bits per heavy atom. The van der Waals surface area contributed by atoms with Crippen molar-refractivity contribution in [2.45, 2.75) is 57.0 Å². The number of alkyl halides is 1. The summed E-state index contributed by atoms with van der Waals surface area (Å²) in [6.45, 7) is 3.81. The number of halogens is 1. The summed E-state index contributed by atoms with van der Waals surface area (Å²) < 4.78 is 51.5. The first-order valence-electron chi connectivity index (χ1n) is 10.6. The molecule has 1 saturated heterocycles. The summed E-state index contributed by atoms with van der Waals surface area (Å²) in [5.41, 5.74) is 2.15. The van der Waals surface area contributed by atoms with Crippen LogP contribution in [0, 0.1) is 0 Å². The molecule has 7 atom stereocenters. The molecule has 1 aliphatic heterocycles. The van der Waals surface area contributed by atoms with Crippen LogP contribution in [0.3, 0.4) is 0 Å². The highest BCUT2D eigenvalue weighted by atomic mass is 31.2. The number of nitrogens with zero attached hydrogens (tertiary/aromatic N) is 2. The Bertz CT molecular complexity index is 1150. The third kappa shape index (κ3) is 5.88. The van der Waals surface area contributed by atoms with Crippen LogP contribution in [0.2, 0.25) is 0 Å². The van der Waals surface area contributed by atoms with Gasteiger partial charge in [0.15, 0.2) is 11.9 Å². The first-order chi connectivity index (χ1) is 16.4. The lowest BCUT2D eigenvalue weighted by Gasteiger charge is -2.29. The van der Waals surface area contributed by atoms with Gasteiger partial charge in [-0.25, -0.2) is 13.8 Å². The molecule has 5 unspecified atom stereocenters. The van der Waals surface area contributed by atoms with Gasteiger partial charge >= 0.3 is 19.4 Å². The van der Waals surface area contributed by atoms with E-state index < -0.39 is 55.7 Å². The summed E-state index contributed by atoms with van der Waals surface area (Å²) in [6.07, 6.45) is -4.81. The quantitative estimate of drug-likeness (QED) is 0.328. The highest BCUT2D eigenvalue weighted by Crippen LogP contribution is 2.49. The maximum Gasteiger partial charge on any atom is 0.459 e. The average Bonchev–Trinajstić information content (AvgIpc) is 3.02. The topological polar surface area (TPSA) is 164 Å². The van der Waals surface area contributed by atoms with E-state index in [-0.39, 0.29) is 11.6 Å². The number of aliphatic hydroxyl groups is 1. The number of rotatable bonds is 9. The number of nitrogens with two attached hydrogens (primary N) is 1. The number of esters is 1. The molecule has 3 rings (SSSR count). The zero-order chi connectivity index (χ0) is 26.0. The predicted molar refractivity (Wildman–Crippen MR) is 122 cm³/mol. The largest absolute Gasteiger partial charge is 0.468 e. The van der Waals surface area contributed by atoms with Gasteiger partial charge in [-0.05, 0) is 39.0 Å². The Balaban J connectivity index is 1.86. The van der Waals surface area contributed by atoms with Gasteiger partial charge < -0.3 is 24.8 Å². The number of benzene rings is 1. The minimum absolute atomic E-state index is 0.0663. The second kappa shape index (κ2) is 10.4. The van der Waals surface area contributed by atoms with Crippen LogP contribution in [-0.4, -0.2) is 57.8 Å². The van der Waals surface area contributed by atoms with Gasteiger partial charge in [-0.3, -0.25) is 13.9 Å². The van der Waals surface area contributed by atoms with E-state index in [0.717, 1.165) is 18.6 Å². The highest BCUT2D eigenvalue weighted by Gasteiger charge is 2.57. The van der Waals surface area contributed by atoms with Crippen LogP contribution in [0.1, 0.15) is 27.0 Å². The number of ether oxygens (including phenoxy) is 2. The Morgan fingerprint density at radius 2 is 2.00 bits per heavy atom. The monoisotopic (exact) mass is 514 g/mol. The number of aliphatic hydroxyl groups excluding tert-OH is 1. The van der Waals surface area contributed by atoms with E-state index in [1.165, 1.54) is 38.2 Å². The Morgan fingerprint density at radius 1 is 1.34 bits per heavy atom. The highest BCUT2D eigenvalue weighted by molar-refractivity contribution is 7.52. The van der Waals surface area contributed by atoms with Crippen LogP contribution in [0.25, 0.3) is 0 Å². The number of para-hydroxylation sites is 1. The van der Waals surface area contributed by atoms with Crippen molar-refractivity contribution < 1.29 is 37.4 Å². The molecule has 0 aliphatic carbocycles. The van der Waals surface area contributed by atoms with Crippen molar-refractivity contribution in [1.82, 2.24) is 14.6 Å². The molecule has 1 fully saturated rings. The first kappa shape index (κ1) is 26.8. The number of hydrogen-bond donors (Lipinski definition) is 3. The molecule has 4 N–H and O–H groups in total. The summed E-state index contributed by atoms with van der Waals surface area (Å²) in [5, 5.41) is 13.2. The fourth-order valence-corrected chi connectivity index (χ4v) is 5.27. The van der Waals surface area contributed by atoms with Gasteiger partial charge in [-0.1, -0.05) is 18.2 Å². The predicted octanol–water partition coefficient (Wildman–Crippen LogP) is 1.56. The van der Waals surface area contributed by atoms with Gasteiger partial charge in [0, 0.05) is 6.20 Å². The first-order valence-corrected chi connectivity index (χ1v) is 12.2. The third-order valence-corrected chi connectivity index (χ3v) is 7.17. The Hall–Kier alpha value is -2.83. The molecule has 1 aromatic heterocycles. The van der Waals surface area contributed by atoms with Crippen LogP contribution in [0.4, 0.5) is 10.2 Å². The molecule has 2 aromatic rings. The van der Waals surface area contributed by atoms with Crippen molar-refractivity contribution in [1.29, 1.82) is 0 Å². The molecule has 12 nitrogen and oxygen atoms in total. The van der Waals surface area contributed by atoms with Gasteiger partial charge in [0.25, 0.3) is 0 Å². The number of nitrogens with one attached hydrogen (secondary N) is 1. The molecule has 35 heavy (non-hydrogen) atoms. The molecule has 0 spiro atoms. The van der Waals surface area contributed by atoms with E-state index in [1.807, 2.05) is 0 Å². The molecule has 1 aromatic carbocycles. The lowest BCUT2D eigenvalue weighted by molar-refractivity contribution is -0.142. The minimum Gasteiger partial charge on any atom is -0.468 e. The number of aromatic nitrogens is 2. The van der Waals surface area contributed by atoms with Gasteiger partial charge in [0.05, 0.1) is 13.2 Å². The molecular formula is C21H28FN4O8P.